The second-order valence-electron chi connectivity index (χ2n) is 8.02. The summed E-state index contributed by atoms with van der Waals surface area (Å²) in [5, 5.41) is 10.3. The average Bonchev–Trinajstić information content (AvgIpc) is 2.61. The number of carbonyl (C=O) groups excluding carboxylic acids is 1. The highest BCUT2D eigenvalue weighted by molar-refractivity contribution is 5.73. The van der Waals surface area contributed by atoms with Gasteiger partial charge in [0.05, 0.1) is 12.5 Å². The van der Waals surface area contributed by atoms with Crippen molar-refractivity contribution in [2.75, 3.05) is 0 Å². The Bertz CT molecular complexity index is 416. The molecule has 3 fully saturated rings. The maximum absolute atomic E-state index is 11.8. The van der Waals surface area contributed by atoms with Gasteiger partial charge in [0, 0.05) is 5.92 Å². The summed E-state index contributed by atoms with van der Waals surface area (Å²) in [6.45, 7) is 8.83. The fourth-order valence-corrected chi connectivity index (χ4v) is 5.54. The molecule has 1 aliphatic heterocycles. The highest BCUT2D eigenvalue weighted by Gasteiger charge is 2.64. The third kappa shape index (κ3) is 1.63. The van der Waals surface area contributed by atoms with E-state index in [4.69, 9.17) is 4.74 Å². The van der Waals surface area contributed by atoms with Crippen molar-refractivity contribution in [3.8, 4) is 0 Å². The largest absolute Gasteiger partial charge is 0.459 e. The lowest BCUT2D eigenvalue weighted by Gasteiger charge is -2.60. The molecule has 5 atom stereocenters. The first-order valence-electron chi connectivity index (χ1n) is 7.60. The van der Waals surface area contributed by atoms with Gasteiger partial charge in [-0.15, -0.1) is 0 Å². The van der Waals surface area contributed by atoms with Crippen LogP contribution in [0.15, 0.2) is 0 Å². The Balaban J connectivity index is 2.00. The molecule has 3 rings (SSSR count). The van der Waals surface area contributed by atoms with Gasteiger partial charge < -0.3 is 9.84 Å². The van der Waals surface area contributed by atoms with Gasteiger partial charge in [-0.25, -0.2) is 0 Å². The van der Waals surface area contributed by atoms with E-state index in [0.29, 0.717) is 18.3 Å². The lowest BCUT2D eigenvalue weighted by Crippen LogP contribution is -2.59. The van der Waals surface area contributed by atoms with Crippen LogP contribution in [0.3, 0.4) is 0 Å². The predicted octanol–water partition coefficient (Wildman–Crippen LogP) is 2.91. The van der Waals surface area contributed by atoms with Gasteiger partial charge in [0.2, 0.25) is 0 Å². The zero-order valence-electron chi connectivity index (χ0n) is 12.5. The van der Waals surface area contributed by atoms with Crippen LogP contribution in [0.2, 0.25) is 0 Å². The first-order valence-corrected chi connectivity index (χ1v) is 7.60. The second-order valence-corrected chi connectivity index (χ2v) is 8.02. The molecule has 0 aromatic rings. The first-order chi connectivity index (χ1) is 8.70. The number of hydrogen-bond acceptors (Lipinski definition) is 3. The molecule has 108 valence electrons. The minimum Gasteiger partial charge on any atom is -0.459 e. The zero-order chi connectivity index (χ0) is 14.1. The van der Waals surface area contributed by atoms with Crippen molar-refractivity contribution in [1.82, 2.24) is 0 Å². The molecule has 19 heavy (non-hydrogen) atoms. The first kappa shape index (κ1) is 13.4. The van der Waals surface area contributed by atoms with Crippen molar-refractivity contribution in [1.29, 1.82) is 0 Å². The maximum atomic E-state index is 11.8. The monoisotopic (exact) mass is 266 g/mol. The zero-order valence-corrected chi connectivity index (χ0v) is 12.5. The molecular weight excluding hydrogens is 240 g/mol. The highest BCUT2D eigenvalue weighted by atomic mass is 16.6. The van der Waals surface area contributed by atoms with E-state index in [-0.39, 0.29) is 28.5 Å². The summed E-state index contributed by atoms with van der Waals surface area (Å²) in [7, 11) is 0. The number of fused-ring (bicyclic) bond motifs is 3. The number of ether oxygens (including phenoxy) is 1. The minimum atomic E-state index is -0.263. The summed E-state index contributed by atoms with van der Waals surface area (Å²) in [6.07, 6.45) is 4.21. The molecular formula is C16H26O3. The third-order valence-electron chi connectivity index (χ3n) is 6.69. The summed E-state index contributed by atoms with van der Waals surface area (Å²) in [5.74, 6) is 0.771. The normalized spacial score (nSPS) is 52.3. The van der Waals surface area contributed by atoms with Gasteiger partial charge in [-0.3, -0.25) is 4.79 Å². The van der Waals surface area contributed by atoms with E-state index in [0.717, 1.165) is 25.7 Å². The topological polar surface area (TPSA) is 46.5 Å². The van der Waals surface area contributed by atoms with Crippen molar-refractivity contribution < 1.29 is 14.6 Å². The molecule has 2 saturated carbocycles. The Morgan fingerprint density at radius 1 is 1.11 bits per heavy atom. The smallest absolute Gasteiger partial charge is 0.306 e. The van der Waals surface area contributed by atoms with Crippen LogP contribution in [-0.4, -0.2) is 22.8 Å². The lowest BCUT2D eigenvalue weighted by molar-refractivity contribution is -0.183. The molecule has 0 radical (unpaired) electrons. The summed E-state index contributed by atoms with van der Waals surface area (Å²) in [5.41, 5.74) is -0.192. The van der Waals surface area contributed by atoms with E-state index < -0.39 is 0 Å². The van der Waals surface area contributed by atoms with Crippen LogP contribution in [0.5, 0.6) is 0 Å². The van der Waals surface area contributed by atoms with Crippen molar-refractivity contribution in [2.24, 2.45) is 22.7 Å². The van der Waals surface area contributed by atoms with Gasteiger partial charge in [-0.2, -0.15) is 0 Å². The second kappa shape index (κ2) is 3.75. The number of aliphatic hydroxyl groups is 1. The Kier molecular flexibility index (Phi) is 2.65. The molecule has 3 aliphatic rings. The SMILES string of the molecule is CC1(C)[C@H](O)CC[C@]2(C)[C@H]3CC(=O)O[C@]3(C)CC[C@@H]12. The number of aliphatic hydroxyl groups excluding tert-OH is 1. The van der Waals surface area contributed by atoms with E-state index in [1.807, 2.05) is 0 Å². The lowest BCUT2D eigenvalue weighted by atomic mass is 9.45. The molecule has 0 unspecified atom stereocenters. The summed E-state index contributed by atoms with van der Waals surface area (Å²) in [4.78, 5) is 11.8. The minimum absolute atomic E-state index is 0.0293. The van der Waals surface area contributed by atoms with Gasteiger partial charge in [0.25, 0.3) is 0 Å². The number of hydrogen-bond donors (Lipinski definition) is 1. The standard InChI is InChI=1S/C16H26O3/c1-14(2)10-5-8-16(4)11(9-13(18)19-16)15(10,3)7-6-12(14)17/h10-12,17H,5-9H2,1-4H3/t10-,11+,12+,15-,16+/m0/s1. The Labute approximate surface area is 115 Å². The van der Waals surface area contributed by atoms with Crippen LogP contribution < -0.4 is 0 Å². The molecule has 0 amide bonds. The number of esters is 1. The predicted molar refractivity (Wildman–Crippen MR) is 72.5 cm³/mol. The Morgan fingerprint density at radius 2 is 1.79 bits per heavy atom. The van der Waals surface area contributed by atoms with Crippen LogP contribution in [0.25, 0.3) is 0 Å². The third-order valence-corrected chi connectivity index (χ3v) is 6.69. The van der Waals surface area contributed by atoms with Crippen molar-refractivity contribution in [2.45, 2.75) is 71.5 Å². The van der Waals surface area contributed by atoms with E-state index in [2.05, 4.69) is 27.7 Å². The average molecular weight is 266 g/mol. The molecule has 3 heteroatoms. The van der Waals surface area contributed by atoms with Crippen LogP contribution >= 0.6 is 0 Å². The van der Waals surface area contributed by atoms with Crippen LogP contribution in [0.1, 0.15) is 59.8 Å². The van der Waals surface area contributed by atoms with Crippen LogP contribution in [-0.2, 0) is 9.53 Å². The van der Waals surface area contributed by atoms with Crippen molar-refractivity contribution in [3.05, 3.63) is 0 Å². The molecule has 0 bridgehead atoms. The Hall–Kier alpha value is -0.570. The number of rotatable bonds is 0. The summed E-state index contributed by atoms with van der Waals surface area (Å²) < 4.78 is 5.66. The summed E-state index contributed by atoms with van der Waals surface area (Å²) >= 11 is 0. The Morgan fingerprint density at radius 3 is 2.47 bits per heavy atom. The van der Waals surface area contributed by atoms with Gasteiger partial charge >= 0.3 is 5.97 Å². The number of carbonyl (C=O) groups is 1. The fraction of sp³-hybridized carbons (Fsp3) is 0.938. The molecule has 1 heterocycles. The van der Waals surface area contributed by atoms with Gasteiger partial charge in [-0.1, -0.05) is 20.8 Å². The molecule has 3 nitrogen and oxygen atoms in total. The quantitative estimate of drug-likeness (QED) is 0.686. The molecule has 0 spiro atoms. The van der Waals surface area contributed by atoms with Crippen LogP contribution in [0.4, 0.5) is 0 Å². The van der Waals surface area contributed by atoms with Gasteiger partial charge in [0.1, 0.15) is 5.60 Å². The van der Waals surface area contributed by atoms with E-state index in [1.165, 1.54) is 0 Å². The van der Waals surface area contributed by atoms with E-state index >= 15 is 0 Å². The summed E-state index contributed by atoms with van der Waals surface area (Å²) in [6, 6.07) is 0. The van der Waals surface area contributed by atoms with Crippen LogP contribution in [0, 0.1) is 22.7 Å². The maximum Gasteiger partial charge on any atom is 0.306 e. The van der Waals surface area contributed by atoms with Gasteiger partial charge in [-0.05, 0) is 49.4 Å². The fourth-order valence-electron chi connectivity index (χ4n) is 5.54. The van der Waals surface area contributed by atoms with Crippen molar-refractivity contribution in [3.63, 3.8) is 0 Å². The van der Waals surface area contributed by atoms with E-state index in [9.17, 15) is 9.90 Å². The molecule has 0 aromatic carbocycles. The molecule has 2 aliphatic carbocycles. The highest BCUT2D eigenvalue weighted by Crippen LogP contribution is 2.64. The molecule has 1 saturated heterocycles. The molecule has 0 aromatic heterocycles. The van der Waals surface area contributed by atoms with Crippen molar-refractivity contribution >= 4 is 5.97 Å². The van der Waals surface area contributed by atoms with E-state index in [1.54, 1.807) is 0 Å². The molecule has 1 N–H and O–H groups in total. The van der Waals surface area contributed by atoms with Gasteiger partial charge in [0.15, 0.2) is 0 Å².